The summed E-state index contributed by atoms with van der Waals surface area (Å²) in [6.45, 7) is 10.7. The van der Waals surface area contributed by atoms with Gasteiger partial charge in [-0.1, -0.05) is 32.0 Å². The molecule has 1 aromatic carbocycles. The summed E-state index contributed by atoms with van der Waals surface area (Å²) in [5.41, 5.74) is 6.72. The zero-order valence-electron chi connectivity index (χ0n) is 14.1. The standard InChI is InChI=1S/C19H27NO/c1-7-15-9-10-16(8-2)17(11-15)19(20-6)18-12(3)13(4)21-14(18)5/h9-11,19-20H,7-8H2,1-6H3. The quantitative estimate of drug-likeness (QED) is 0.866. The van der Waals surface area contributed by atoms with E-state index in [0.29, 0.717) is 0 Å². The van der Waals surface area contributed by atoms with Crippen molar-refractivity contribution in [3.8, 4) is 0 Å². The van der Waals surface area contributed by atoms with Crippen LogP contribution in [-0.2, 0) is 12.8 Å². The first kappa shape index (κ1) is 15.8. The number of aryl methyl sites for hydroxylation is 4. The third-order valence-corrected chi connectivity index (χ3v) is 4.51. The van der Waals surface area contributed by atoms with Gasteiger partial charge in [-0.15, -0.1) is 0 Å². The summed E-state index contributed by atoms with van der Waals surface area (Å²) >= 11 is 0. The molecular formula is C19H27NO. The predicted molar refractivity (Wildman–Crippen MR) is 89.0 cm³/mol. The Morgan fingerprint density at radius 3 is 2.24 bits per heavy atom. The molecule has 114 valence electrons. The lowest BCUT2D eigenvalue weighted by Gasteiger charge is -2.21. The van der Waals surface area contributed by atoms with Crippen LogP contribution in [0.2, 0.25) is 0 Å². The summed E-state index contributed by atoms with van der Waals surface area (Å²) in [6, 6.07) is 7.07. The summed E-state index contributed by atoms with van der Waals surface area (Å²) < 4.78 is 5.84. The average molecular weight is 285 g/mol. The van der Waals surface area contributed by atoms with Gasteiger partial charge in [-0.2, -0.15) is 0 Å². The first-order valence-corrected chi connectivity index (χ1v) is 7.88. The van der Waals surface area contributed by atoms with Gasteiger partial charge >= 0.3 is 0 Å². The molecule has 0 aliphatic heterocycles. The van der Waals surface area contributed by atoms with Gasteiger partial charge in [0.15, 0.2) is 0 Å². The molecule has 2 rings (SSSR count). The maximum Gasteiger partial charge on any atom is 0.106 e. The number of rotatable bonds is 5. The maximum absolute atomic E-state index is 5.84. The summed E-state index contributed by atoms with van der Waals surface area (Å²) in [5.74, 6) is 2.04. The molecule has 1 aromatic heterocycles. The van der Waals surface area contributed by atoms with Crippen LogP contribution in [0.25, 0.3) is 0 Å². The molecule has 2 aromatic rings. The van der Waals surface area contributed by atoms with E-state index in [1.54, 1.807) is 0 Å². The Bertz CT molecular complexity index is 625. The van der Waals surface area contributed by atoms with Crippen molar-refractivity contribution >= 4 is 0 Å². The molecule has 1 heterocycles. The minimum atomic E-state index is 0.198. The van der Waals surface area contributed by atoms with Crippen LogP contribution in [0.4, 0.5) is 0 Å². The van der Waals surface area contributed by atoms with Gasteiger partial charge in [0.05, 0.1) is 6.04 Å². The minimum Gasteiger partial charge on any atom is -0.466 e. The third-order valence-electron chi connectivity index (χ3n) is 4.51. The molecule has 0 radical (unpaired) electrons. The van der Waals surface area contributed by atoms with Crippen LogP contribution < -0.4 is 5.32 Å². The van der Waals surface area contributed by atoms with Crippen molar-refractivity contribution in [2.75, 3.05) is 7.05 Å². The molecule has 0 aliphatic rings. The molecule has 1 atom stereocenters. The van der Waals surface area contributed by atoms with Crippen molar-refractivity contribution in [1.82, 2.24) is 5.32 Å². The Labute approximate surface area is 128 Å². The van der Waals surface area contributed by atoms with Crippen molar-refractivity contribution in [3.05, 3.63) is 57.5 Å². The fourth-order valence-corrected chi connectivity index (χ4v) is 3.14. The number of furan rings is 1. The van der Waals surface area contributed by atoms with Crippen molar-refractivity contribution in [2.45, 2.75) is 53.5 Å². The van der Waals surface area contributed by atoms with Crippen LogP contribution in [0.5, 0.6) is 0 Å². The second-order valence-electron chi connectivity index (χ2n) is 5.72. The lowest BCUT2D eigenvalue weighted by molar-refractivity contribution is 0.495. The highest BCUT2D eigenvalue weighted by molar-refractivity contribution is 5.45. The molecule has 0 spiro atoms. The molecule has 0 saturated carbocycles. The van der Waals surface area contributed by atoms with E-state index < -0.39 is 0 Å². The van der Waals surface area contributed by atoms with Crippen molar-refractivity contribution in [1.29, 1.82) is 0 Å². The summed E-state index contributed by atoms with van der Waals surface area (Å²) in [7, 11) is 2.03. The Kier molecular flexibility index (Phi) is 4.89. The molecule has 0 fully saturated rings. The van der Waals surface area contributed by atoms with Gasteiger partial charge in [-0.3, -0.25) is 0 Å². The van der Waals surface area contributed by atoms with Gasteiger partial charge in [0.1, 0.15) is 11.5 Å². The van der Waals surface area contributed by atoms with Crippen molar-refractivity contribution in [2.24, 2.45) is 0 Å². The molecule has 0 aliphatic carbocycles. The van der Waals surface area contributed by atoms with Crippen LogP contribution in [0.15, 0.2) is 22.6 Å². The van der Waals surface area contributed by atoms with E-state index in [0.717, 1.165) is 24.4 Å². The Balaban J connectivity index is 2.60. The molecule has 1 unspecified atom stereocenters. The Morgan fingerprint density at radius 2 is 1.76 bits per heavy atom. The van der Waals surface area contributed by atoms with Gasteiger partial charge in [0, 0.05) is 5.56 Å². The third kappa shape index (κ3) is 2.91. The fraction of sp³-hybridized carbons (Fsp3) is 0.474. The molecule has 21 heavy (non-hydrogen) atoms. The van der Waals surface area contributed by atoms with Gasteiger partial charge in [0.25, 0.3) is 0 Å². The lowest BCUT2D eigenvalue weighted by atomic mass is 9.89. The van der Waals surface area contributed by atoms with E-state index in [-0.39, 0.29) is 6.04 Å². The zero-order chi connectivity index (χ0) is 15.6. The molecule has 0 amide bonds. The van der Waals surface area contributed by atoms with E-state index >= 15 is 0 Å². The molecule has 0 bridgehead atoms. The fourth-order valence-electron chi connectivity index (χ4n) is 3.14. The van der Waals surface area contributed by atoms with E-state index in [2.05, 4.69) is 51.2 Å². The minimum absolute atomic E-state index is 0.198. The summed E-state index contributed by atoms with van der Waals surface area (Å²) in [6.07, 6.45) is 2.11. The van der Waals surface area contributed by atoms with E-state index in [9.17, 15) is 0 Å². The van der Waals surface area contributed by atoms with Gasteiger partial charge < -0.3 is 9.73 Å². The smallest absolute Gasteiger partial charge is 0.106 e. The molecule has 2 heteroatoms. The highest BCUT2D eigenvalue weighted by Crippen LogP contribution is 2.33. The maximum atomic E-state index is 5.84. The number of hydrogen-bond acceptors (Lipinski definition) is 2. The number of hydrogen-bond donors (Lipinski definition) is 1. The van der Waals surface area contributed by atoms with E-state index in [1.807, 2.05) is 14.0 Å². The first-order chi connectivity index (χ1) is 10.0. The number of nitrogens with one attached hydrogen (secondary N) is 1. The lowest BCUT2D eigenvalue weighted by Crippen LogP contribution is -2.20. The molecule has 0 saturated heterocycles. The zero-order valence-corrected chi connectivity index (χ0v) is 14.1. The Hall–Kier alpha value is -1.54. The van der Waals surface area contributed by atoms with E-state index in [4.69, 9.17) is 4.42 Å². The molecule has 1 N–H and O–H groups in total. The van der Waals surface area contributed by atoms with Crippen molar-refractivity contribution in [3.63, 3.8) is 0 Å². The Morgan fingerprint density at radius 1 is 1.05 bits per heavy atom. The van der Waals surface area contributed by atoms with Crippen LogP contribution in [0.1, 0.15) is 59.2 Å². The monoisotopic (exact) mass is 285 g/mol. The second-order valence-corrected chi connectivity index (χ2v) is 5.72. The SMILES string of the molecule is CCc1ccc(CC)c(C(NC)c2c(C)oc(C)c2C)c1. The largest absolute Gasteiger partial charge is 0.466 e. The summed E-state index contributed by atoms with van der Waals surface area (Å²) in [5, 5.41) is 3.50. The highest BCUT2D eigenvalue weighted by atomic mass is 16.3. The number of benzene rings is 1. The topological polar surface area (TPSA) is 25.2 Å². The van der Waals surface area contributed by atoms with Crippen LogP contribution in [0, 0.1) is 20.8 Å². The van der Waals surface area contributed by atoms with Crippen LogP contribution in [-0.4, -0.2) is 7.05 Å². The molecule has 2 nitrogen and oxygen atoms in total. The predicted octanol–water partition coefficient (Wildman–Crippen LogP) is 4.64. The van der Waals surface area contributed by atoms with Crippen LogP contribution in [0.3, 0.4) is 0 Å². The van der Waals surface area contributed by atoms with E-state index in [1.165, 1.54) is 27.8 Å². The second kappa shape index (κ2) is 6.48. The normalized spacial score (nSPS) is 12.7. The van der Waals surface area contributed by atoms with Crippen molar-refractivity contribution < 1.29 is 4.42 Å². The average Bonchev–Trinajstić information content (AvgIpc) is 2.74. The van der Waals surface area contributed by atoms with Crippen LogP contribution >= 0.6 is 0 Å². The first-order valence-electron chi connectivity index (χ1n) is 7.88. The highest BCUT2D eigenvalue weighted by Gasteiger charge is 2.23. The van der Waals surface area contributed by atoms with Gasteiger partial charge in [-0.25, -0.2) is 0 Å². The molecular weight excluding hydrogens is 258 g/mol. The van der Waals surface area contributed by atoms with Gasteiger partial charge in [-0.05, 0) is 62.9 Å². The van der Waals surface area contributed by atoms with Gasteiger partial charge in [0.2, 0.25) is 0 Å². The summed E-state index contributed by atoms with van der Waals surface area (Å²) in [4.78, 5) is 0.